The van der Waals surface area contributed by atoms with Gasteiger partial charge in [-0.2, -0.15) is 0 Å². The lowest BCUT2D eigenvalue weighted by molar-refractivity contribution is -0.114. The number of carbonyl (C=O) groups excluding carboxylic acids is 1. The molecule has 1 N–H and O–H groups in total. The lowest BCUT2D eigenvalue weighted by atomic mass is 10.00. The van der Waals surface area contributed by atoms with Gasteiger partial charge in [-0.15, -0.1) is 0 Å². The van der Waals surface area contributed by atoms with Gasteiger partial charge in [-0.1, -0.05) is 18.2 Å². The molecule has 0 bridgehead atoms. The first-order valence-corrected chi connectivity index (χ1v) is 6.25. The molecule has 1 aromatic heterocycles. The molecule has 0 unspecified atom stereocenters. The van der Waals surface area contributed by atoms with Crippen molar-refractivity contribution in [3.8, 4) is 0 Å². The average Bonchev–Trinajstić information content (AvgIpc) is 2.82. The van der Waals surface area contributed by atoms with Crippen LogP contribution in [0.5, 0.6) is 0 Å². The van der Waals surface area contributed by atoms with Crippen molar-refractivity contribution in [1.29, 1.82) is 0 Å². The molecular formula is C16H14N2O. The summed E-state index contributed by atoms with van der Waals surface area (Å²) in [6, 6.07) is 10.0. The maximum absolute atomic E-state index is 11.1. The number of fused-ring (bicyclic) bond motifs is 1. The van der Waals surface area contributed by atoms with Crippen molar-refractivity contribution in [2.24, 2.45) is 0 Å². The van der Waals surface area contributed by atoms with Crippen molar-refractivity contribution >= 4 is 17.2 Å². The first-order valence-electron chi connectivity index (χ1n) is 6.25. The Hall–Kier alpha value is -2.42. The highest BCUT2D eigenvalue weighted by molar-refractivity contribution is 5.91. The van der Waals surface area contributed by atoms with E-state index < -0.39 is 0 Å². The SMILES string of the molecule is CC(=O)Nc1ccc2c(c1)C(c1cccnc1)=CC2. The summed E-state index contributed by atoms with van der Waals surface area (Å²) in [5.74, 6) is -0.0511. The zero-order valence-electron chi connectivity index (χ0n) is 10.7. The summed E-state index contributed by atoms with van der Waals surface area (Å²) in [5, 5.41) is 2.82. The predicted molar refractivity (Wildman–Crippen MR) is 75.8 cm³/mol. The fourth-order valence-electron chi connectivity index (χ4n) is 2.40. The van der Waals surface area contributed by atoms with Crippen LogP contribution in [-0.2, 0) is 11.2 Å². The monoisotopic (exact) mass is 250 g/mol. The number of benzene rings is 1. The van der Waals surface area contributed by atoms with Crippen molar-refractivity contribution < 1.29 is 4.79 Å². The molecule has 0 saturated carbocycles. The number of amides is 1. The third kappa shape index (κ3) is 2.27. The Morgan fingerprint density at radius 1 is 1.32 bits per heavy atom. The summed E-state index contributed by atoms with van der Waals surface area (Å²) in [6.45, 7) is 1.52. The van der Waals surface area contributed by atoms with Crippen molar-refractivity contribution in [3.63, 3.8) is 0 Å². The number of nitrogens with one attached hydrogen (secondary N) is 1. The highest BCUT2D eigenvalue weighted by Crippen LogP contribution is 2.34. The van der Waals surface area contributed by atoms with Crippen LogP contribution in [-0.4, -0.2) is 10.9 Å². The van der Waals surface area contributed by atoms with Gasteiger partial charge in [0.15, 0.2) is 0 Å². The molecule has 1 aliphatic rings. The zero-order chi connectivity index (χ0) is 13.2. The second kappa shape index (κ2) is 4.69. The summed E-state index contributed by atoms with van der Waals surface area (Å²) < 4.78 is 0. The van der Waals surface area contributed by atoms with E-state index in [1.807, 2.05) is 24.4 Å². The second-order valence-corrected chi connectivity index (χ2v) is 4.62. The Labute approximate surface area is 112 Å². The number of nitrogens with zero attached hydrogens (tertiary/aromatic N) is 1. The molecule has 3 nitrogen and oxygen atoms in total. The number of rotatable bonds is 2. The second-order valence-electron chi connectivity index (χ2n) is 4.62. The van der Waals surface area contributed by atoms with E-state index in [-0.39, 0.29) is 5.91 Å². The van der Waals surface area contributed by atoms with Gasteiger partial charge in [-0.05, 0) is 41.3 Å². The Bertz CT molecular complexity index is 660. The summed E-state index contributed by atoms with van der Waals surface area (Å²) >= 11 is 0. The van der Waals surface area contributed by atoms with Gasteiger partial charge in [0.05, 0.1) is 0 Å². The fraction of sp³-hybridized carbons (Fsp3) is 0.125. The Kier molecular flexibility index (Phi) is 2.88. The summed E-state index contributed by atoms with van der Waals surface area (Å²) in [7, 11) is 0. The van der Waals surface area contributed by atoms with E-state index in [9.17, 15) is 4.79 Å². The normalized spacial score (nSPS) is 12.8. The maximum atomic E-state index is 11.1. The minimum absolute atomic E-state index is 0.0511. The van der Waals surface area contributed by atoms with Crippen molar-refractivity contribution in [2.75, 3.05) is 5.32 Å². The molecule has 94 valence electrons. The molecule has 0 aliphatic heterocycles. The van der Waals surface area contributed by atoms with Crippen LogP contribution in [0.4, 0.5) is 5.69 Å². The number of allylic oxidation sites excluding steroid dienone is 1. The molecule has 1 amide bonds. The van der Waals surface area contributed by atoms with E-state index in [0.717, 1.165) is 17.7 Å². The van der Waals surface area contributed by atoms with Crippen LogP contribution in [0.3, 0.4) is 0 Å². The molecule has 0 radical (unpaired) electrons. The van der Waals surface area contributed by atoms with Crippen LogP contribution in [0.1, 0.15) is 23.6 Å². The average molecular weight is 250 g/mol. The highest BCUT2D eigenvalue weighted by atomic mass is 16.1. The molecule has 1 aromatic carbocycles. The van der Waals surface area contributed by atoms with Crippen LogP contribution in [0.25, 0.3) is 5.57 Å². The van der Waals surface area contributed by atoms with Gasteiger partial charge >= 0.3 is 0 Å². The van der Waals surface area contributed by atoms with Crippen LogP contribution in [0.2, 0.25) is 0 Å². The van der Waals surface area contributed by atoms with Crippen LogP contribution < -0.4 is 5.32 Å². The molecule has 0 spiro atoms. The molecule has 19 heavy (non-hydrogen) atoms. The first-order chi connectivity index (χ1) is 9.24. The van der Waals surface area contributed by atoms with E-state index in [1.165, 1.54) is 23.6 Å². The third-order valence-electron chi connectivity index (χ3n) is 3.22. The maximum Gasteiger partial charge on any atom is 0.221 e. The topological polar surface area (TPSA) is 42.0 Å². The van der Waals surface area contributed by atoms with E-state index in [0.29, 0.717) is 0 Å². The molecule has 3 heteroatoms. The summed E-state index contributed by atoms with van der Waals surface area (Å²) in [6.07, 6.45) is 6.78. The third-order valence-corrected chi connectivity index (χ3v) is 3.22. The molecule has 0 fully saturated rings. The van der Waals surface area contributed by atoms with Gasteiger partial charge in [-0.25, -0.2) is 0 Å². The number of anilines is 1. The molecule has 2 aromatic rings. The van der Waals surface area contributed by atoms with E-state index in [2.05, 4.69) is 28.5 Å². The van der Waals surface area contributed by atoms with Gasteiger partial charge in [0, 0.05) is 30.6 Å². The van der Waals surface area contributed by atoms with Gasteiger partial charge < -0.3 is 5.32 Å². The van der Waals surface area contributed by atoms with Gasteiger partial charge in [0.1, 0.15) is 0 Å². The Morgan fingerprint density at radius 3 is 2.95 bits per heavy atom. The number of aromatic nitrogens is 1. The van der Waals surface area contributed by atoms with Crippen LogP contribution >= 0.6 is 0 Å². The smallest absolute Gasteiger partial charge is 0.221 e. The first kappa shape index (κ1) is 11.7. The summed E-state index contributed by atoms with van der Waals surface area (Å²) in [4.78, 5) is 15.3. The van der Waals surface area contributed by atoms with E-state index in [1.54, 1.807) is 6.20 Å². The fourth-order valence-corrected chi connectivity index (χ4v) is 2.40. The lowest BCUT2D eigenvalue weighted by Crippen LogP contribution is -2.06. The number of pyridine rings is 1. The molecular weight excluding hydrogens is 236 g/mol. The lowest BCUT2D eigenvalue weighted by Gasteiger charge is -2.09. The van der Waals surface area contributed by atoms with Gasteiger partial charge in [0.2, 0.25) is 5.91 Å². The number of hydrogen-bond donors (Lipinski definition) is 1. The minimum atomic E-state index is -0.0511. The predicted octanol–water partition coefficient (Wildman–Crippen LogP) is 3.03. The van der Waals surface area contributed by atoms with Crippen molar-refractivity contribution in [3.05, 3.63) is 65.5 Å². The standard InChI is InChI=1S/C16H14N2O/c1-11(19)18-14-6-4-12-5-7-15(16(12)9-14)13-3-2-8-17-10-13/h2-4,6-10H,5H2,1H3,(H,18,19). The van der Waals surface area contributed by atoms with Gasteiger partial charge in [-0.3, -0.25) is 9.78 Å². The largest absolute Gasteiger partial charge is 0.326 e. The minimum Gasteiger partial charge on any atom is -0.326 e. The highest BCUT2D eigenvalue weighted by Gasteiger charge is 2.16. The number of hydrogen-bond acceptors (Lipinski definition) is 2. The quantitative estimate of drug-likeness (QED) is 0.890. The van der Waals surface area contributed by atoms with Crippen LogP contribution in [0, 0.1) is 0 Å². The molecule has 3 rings (SSSR count). The molecule has 1 heterocycles. The molecule has 0 saturated heterocycles. The van der Waals surface area contributed by atoms with Crippen molar-refractivity contribution in [2.45, 2.75) is 13.3 Å². The van der Waals surface area contributed by atoms with Crippen molar-refractivity contribution in [1.82, 2.24) is 4.98 Å². The zero-order valence-corrected chi connectivity index (χ0v) is 10.7. The Morgan fingerprint density at radius 2 is 2.21 bits per heavy atom. The molecule has 0 atom stereocenters. The molecule has 1 aliphatic carbocycles. The summed E-state index contributed by atoms with van der Waals surface area (Å²) in [5.41, 5.74) is 5.60. The Balaban J connectivity index is 2.00. The van der Waals surface area contributed by atoms with Gasteiger partial charge in [0.25, 0.3) is 0 Å². The van der Waals surface area contributed by atoms with E-state index >= 15 is 0 Å². The van der Waals surface area contributed by atoms with E-state index in [4.69, 9.17) is 0 Å². The number of carbonyl (C=O) groups is 1. The van der Waals surface area contributed by atoms with Crippen LogP contribution in [0.15, 0.2) is 48.8 Å².